The fourth-order valence-corrected chi connectivity index (χ4v) is 2.17. The van der Waals surface area contributed by atoms with Gasteiger partial charge in [-0.3, -0.25) is 4.79 Å². The first-order valence-corrected chi connectivity index (χ1v) is 6.41. The van der Waals surface area contributed by atoms with Crippen molar-refractivity contribution in [3.63, 3.8) is 0 Å². The number of carbonyl (C=O) groups excluding carboxylic acids is 1. The van der Waals surface area contributed by atoms with Crippen LogP contribution in [0.3, 0.4) is 0 Å². The Kier molecular flexibility index (Phi) is 4.70. The molecule has 0 saturated heterocycles. The van der Waals surface area contributed by atoms with Crippen LogP contribution in [0.5, 0.6) is 0 Å². The van der Waals surface area contributed by atoms with Crippen LogP contribution in [0.25, 0.3) is 0 Å². The monoisotopic (exact) mass is 251 g/mol. The molecule has 98 valence electrons. The maximum atomic E-state index is 13.3. The number of rotatable bonds is 4. The van der Waals surface area contributed by atoms with Gasteiger partial charge in [0.15, 0.2) is 0 Å². The van der Waals surface area contributed by atoms with E-state index in [4.69, 9.17) is 4.74 Å². The highest BCUT2D eigenvalue weighted by Crippen LogP contribution is 2.20. The van der Waals surface area contributed by atoms with Crippen LogP contribution in [0, 0.1) is 5.82 Å². The smallest absolute Gasteiger partial charge is 0.250 e. The predicted molar refractivity (Wildman–Crippen MR) is 67.9 cm³/mol. The summed E-state index contributed by atoms with van der Waals surface area (Å²) >= 11 is 0. The van der Waals surface area contributed by atoms with E-state index < -0.39 is 5.82 Å². The summed E-state index contributed by atoms with van der Waals surface area (Å²) in [5, 5.41) is 2.51. The lowest BCUT2D eigenvalue weighted by Crippen LogP contribution is -2.25. The Hall–Kier alpha value is -1.42. The van der Waals surface area contributed by atoms with Gasteiger partial charge in [-0.25, -0.2) is 4.39 Å². The van der Waals surface area contributed by atoms with Crippen molar-refractivity contribution in [3.05, 3.63) is 30.1 Å². The molecule has 0 aliphatic heterocycles. The number of benzene rings is 1. The van der Waals surface area contributed by atoms with Crippen molar-refractivity contribution >= 4 is 11.6 Å². The van der Waals surface area contributed by atoms with Crippen LogP contribution in [0.15, 0.2) is 24.3 Å². The summed E-state index contributed by atoms with van der Waals surface area (Å²) in [7, 11) is 0. The fourth-order valence-electron chi connectivity index (χ4n) is 2.17. The Morgan fingerprint density at radius 1 is 1.28 bits per heavy atom. The van der Waals surface area contributed by atoms with Crippen LogP contribution in [-0.2, 0) is 9.53 Å². The third-order valence-electron chi connectivity index (χ3n) is 3.15. The van der Waals surface area contributed by atoms with E-state index in [1.165, 1.54) is 31.4 Å². The van der Waals surface area contributed by atoms with Crippen molar-refractivity contribution < 1.29 is 13.9 Å². The maximum Gasteiger partial charge on any atom is 0.250 e. The molecule has 1 N–H and O–H groups in total. The highest BCUT2D eigenvalue weighted by molar-refractivity contribution is 5.91. The van der Waals surface area contributed by atoms with Gasteiger partial charge in [-0.05, 0) is 25.0 Å². The number of carbonyl (C=O) groups is 1. The van der Waals surface area contributed by atoms with Gasteiger partial charge in [0.05, 0.1) is 11.8 Å². The summed E-state index contributed by atoms with van der Waals surface area (Å²) < 4.78 is 18.8. The molecule has 1 fully saturated rings. The number of hydrogen-bond donors (Lipinski definition) is 1. The van der Waals surface area contributed by atoms with Gasteiger partial charge in [-0.2, -0.15) is 0 Å². The average molecular weight is 251 g/mol. The maximum absolute atomic E-state index is 13.3. The van der Waals surface area contributed by atoms with Crippen molar-refractivity contribution in [2.24, 2.45) is 0 Å². The predicted octanol–water partition coefficient (Wildman–Crippen LogP) is 3.11. The van der Waals surface area contributed by atoms with Gasteiger partial charge in [0, 0.05) is 0 Å². The van der Waals surface area contributed by atoms with Gasteiger partial charge in [0.25, 0.3) is 0 Å². The molecule has 0 spiro atoms. The molecule has 1 amide bonds. The zero-order chi connectivity index (χ0) is 12.8. The Balaban J connectivity index is 1.76. The summed E-state index contributed by atoms with van der Waals surface area (Å²) in [6.07, 6.45) is 5.81. The molecule has 1 aliphatic carbocycles. The van der Waals surface area contributed by atoms with Gasteiger partial charge in [-0.15, -0.1) is 0 Å². The molecule has 0 bridgehead atoms. The summed E-state index contributed by atoms with van der Waals surface area (Å²) in [5.41, 5.74) is 0.203. The molecule has 4 heteroatoms. The van der Waals surface area contributed by atoms with Crippen LogP contribution in [0.2, 0.25) is 0 Å². The highest BCUT2D eigenvalue weighted by Gasteiger charge is 2.15. The van der Waals surface area contributed by atoms with Gasteiger partial charge < -0.3 is 10.1 Å². The third kappa shape index (κ3) is 3.81. The second-order valence-corrected chi connectivity index (χ2v) is 4.60. The minimum atomic E-state index is -0.427. The van der Waals surface area contributed by atoms with Crippen LogP contribution < -0.4 is 5.32 Å². The molecule has 0 atom stereocenters. The summed E-state index contributed by atoms with van der Waals surface area (Å²) in [6, 6.07) is 6.12. The number of anilines is 1. The number of halogens is 1. The Labute approximate surface area is 106 Å². The normalized spacial score (nSPS) is 16.5. The molecular weight excluding hydrogens is 233 g/mol. The van der Waals surface area contributed by atoms with Crippen molar-refractivity contribution in [3.8, 4) is 0 Å². The molecular formula is C14H18FNO2. The van der Waals surface area contributed by atoms with Crippen molar-refractivity contribution in [2.75, 3.05) is 11.9 Å². The first-order valence-electron chi connectivity index (χ1n) is 6.41. The largest absolute Gasteiger partial charge is 0.368 e. The minimum absolute atomic E-state index is 0.000991. The molecule has 0 unspecified atom stereocenters. The summed E-state index contributed by atoms with van der Waals surface area (Å²) in [6.45, 7) is -0.000991. The van der Waals surface area contributed by atoms with E-state index in [1.54, 1.807) is 12.1 Å². The van der Waals surface area contributed by atoms with E-state index in [0.717, 1.165) is 12.8 Å². The number of nitrogens with one attached hydrogen (secondary N) is 1. The van der Waals surface area contributed by atoms with Gasteiger partial charge in [0.1, 0.15) is 12.4 Å². The van der Waals surface area contributed by atoms with Gasteiger partial charge in [-0.1, -0.05) is 31.4 Å². The summed E-state index contributed by atoms with van der Waals surface area (Å²) in [5.74, 6) is -0.728. The number of para-hydroxylation sites is 1. The second-order valence-electron chi connectivity index (χ2n) is 4.60. The zero-order valence-electron chi connectivity index (χ0n) is 10.3. The Morgan fingerprint density at radius 2 is 2.00 bits per heavy atom. The topological polar surface area (TPSA) is 38.3 Å². The summed E-state index contributed by atoms with van der Waals surface area (Å²) in [4.78, 5) is 11.6. The highest BCUT2D eigenvalue weighted by atomic mass is 19.1. The third-order valence-corrected chi connectivity index (χ3v) is 3.15. The average Bonchev–Trinajstić information content (AvgIpc) is 2.40. The standard InChI is InChI=1S/C14H18FNO2/c15-12-8-4-5-9-13(12)16-14(17)10-18-11-6-2-1-3-7-11/h4-5,8-9,11H,1-3,6-7,10H2,(H,16,17). The van der Waals surface area contributed by atoms with E-state index in [0.29, 0.717) is 0 Å². The van der Waals surface area contributed by atoms with Crippen LogP contribution in [-0.4, -0.2) is 18.6 Å². The van der Waals surface area contributed by atoms with E-state index in [9.17, 15) is 9.18 Å². The minimum Gasteiger partial charge on any atom is -0.368 e. The molecule has 0 radical (unpaired) electrons. The molecule has 1 aliphatic rings. The lowest BCUT2D eigenvalue weighted by atomic mass is 9.98. The van der Waals surface area contributed by atoms with Gasteiger partial charge >= 0.3 is 0 Å². The van der Waals surface area contributed by atoms with Crippen LogP contribution in [0.1, 0.15) is 32.1 Å². The second kappa shape index (κ2) is 6.50. The molecule has 2 rings (SSSR count). The van der Waals surface area contributed by atoms with Crippen LogP contribution in [0.4, 0.5) is 10.1 Å². The lowest BCUT2D eigenvalue weighted by molar-refractivity contribution is -0.123. The van der Waals surface area contributed by atoms with E-state index in [2.05, 4.69) is 5.32 Å². The Morgan fingerprint density at radius 3 is 2.72 bits per heavy atom. The zero-order valence-corrected chi connectivity index (χ0v) is 10.3. The van der Waals surface area contributed by atoms with Crippen molar-refractivity contribution in [1.82, 2.24) is 0 Å². The van der Waals surface area contributed by atoms with Crippen molar-refractivity contribution in [2.45, 2.75) is 38.2 Å². The van der Waals surface area contributed by atoms with Gasteiger partial charge in [0.2, 0.25) is 5.91 Å². The molecule has 1 saturated carbocycles. The first kappa shape index (κ1) is 13.0. The quantitative estimate of drug-likeness (QED) is 0.893. The van der Waals surface area contributed by atoms with E-state index in [1.807, 2.05) is 0 Å². The molecule has 1 aromatic carbocycles. The van der Waals surface area contributed by atoms with E-state index >= 15 is 0 Å². The first-order chi connectivity index (χ1) is 8.75. The van der Waals surface area contributed by atoms with E-state index in [-0.39, 0.29) is 24.3 Å². The number of hydrogen-bond acceptors (Lipinski definition) is 2. The molecule has 1 aromatic rings. The SMILES string of the molecule is O=C(COC1CCCCC1)Nc1ccccc1F. The lowest BCUT2D eigenvalue weighted by Gasteiger charge is -2.21. The number of ether oxygens (including phenoxy) is 1. The van der Waals surface area contributed by atoms with Crippen molar-refractivity contribution in [1.29, 1.82) is 0 Å². The molecule has 0 aromatic heterocycles. The van der Waals surface area contributed by atoms with Crippen LogP contribution >= 0.6 is 0 Å². The molecule has 3 nitrogen and oxygen atoms in total. The molecule has 18 heavy (non-hydrogen) atoms. The molecule has 0 heterocycles. The Bertz CT molecular complexity index is 403. The number of amides is 1. The fraction of sp³-hybridized carbons (Fsp3) is 0.500.